The van der Waals surface area contributed by atoms with Crippen molar-refractivity contribution in [3.63, 3.8) is 0 Å². The molecule has 1 aromatic carbocycles. The predicted molar refractivity (Wildman–Crippen MR) is 83.0 cm³/mol. The number of fused-ring (bicyclic) bond motifs is 3. The molecular formula is C14H17N3OS. The zero-order valence-electron chi connectivity index (χ0n) is 11.0. The van der Waals surface area contributed by atoms with Crippen molar-refractivity contribution in [1.82, 2.24) is 4.57 Å². The largest absolute Gasteiger partial charge is 0.395 e. The van der Waals surface area contributed by atoms with Crippen molar-refractivity contribution in [2.45, 2.75) is 6.92 Å². The number of thiophene rings is 1. The normalized spacial score (nSPS) is 11.5. The van der Waals surface area contributed by atoms with E-state index in [9.17, 15) is 0 Å². The second-order valence-corrected chi connectivity index (χ2v) is 5.79. The van der Waals surface area contributed by atoms with Crippen LogP contribution < -0.4 is 11.1 Å². The van der Waals surface area contributed by atoms with E-state index in [1.54, 1.807) is 11.3 Å². The minimum absolute atomic E-state index is 0.140. The molecule has 0 atom stereocenters. The first-order valence-electron chi connectivity index (χ1n) is 6.25. The molecule has 100 valence electrons. The molecule has 0 aliphatic heterocycles. The molecule has 0 bridgehead atoms. The van der Waals surface area contributed by atoms with Crippen LogP contribution in [0.15, 0.2) is 18.2 Å². The van der Waals surface area contributed by atoms with Gasteiger partial charge in [0.2, 0.25) is 0 Å². The Labute approximate surface area is 115 Å². The van der Waals surface area contributed by atoms with Crippen molar-refractivity contribution in [3.05, 3.63) is 23.8 Å². The molecular weight excluding hydrogens is 258 g/mol. The van der Waals surface area contributed by atoms with Crippen molar-refractivity contribution in [2.24, 2.45) is 7.05 Å². The molecule has 3 rings (SSSR count). The van der Waals surface area contributed by atoms with Gasteiger partial charge in [-0.3, -0.25) is 0 Å². The van der Waals surface area contributed by atoms with Crippen LogP contribution in [-0.2, 0) is 7.05 Å². The molecule has 0 aliphatic rings. The van der Waals surface area contributed by atoms with Crippen LogP contribution >= 0.6 is 11.3 Å². The standard InChI is InChI=1S/C14H17N3OS/c1-8-13-9-7-12(16-5-6-18)19-11(9)4-3-10(13)17(2)14(8)15/h3-4,7,16,18H,5-6,15H2,1-2H3. The molecule has 0 unspecified atom stereocenters. The molecule has 19 heavy (non-hydrogen) atoms. The van der Waals surface area contributed by atoms with E-state index in [0.29, 0.717) is 6.54 Å². The number of benzene rings is 1. The minimum atomic E-state index is 0.140. The molecule has 3 aromatic rings. The number of anilines is 2. The molecule has 4 nitrogen and oxygen atoms in total. The summed E-state index contributed by atoms with van der Waals surface area (Å²) < 4.78 is 3.27. The van der Waals surface area contributed by atoms with Gasteiger partial charge in [-0.1, -0.05) is 0 Å². The summed E-state index contributed by atoms with van der Waals surface area (Å²) in [6.07, 6.45) is 0. The Morgan fingerprint density at radius 1 is 1.42 bits per heavy atom. The summed E-state index contributed by atoms with van der Waals surface area (Å²) in [5, 5.41) is 15.6. The molecule has 0 amide bonds. The van der Waals surface area contributed by atoms with Crippen LogP contribution in [-0.4, -0.2) is 22.8 Å². The fraction of sp³-hybridized carbons (Fsp3) is 0.286. The van der Waals surface area contributed by atoms with E-state index < -0.39 is 0 Å². The Morgan fingerprint density at radius 2 is 2.21 bits per heavy atom. The average molecular weight is 275 g/mol. The molecule has 0 radical (unpaired) electrons. The molecule has 4 N–H and O–H groups in total. The molecule has 2 aromatic heterocycles. The third-order valence-electron chi connectivity index (χ3n) is 3.57. The average Bonchev–Trinajstić information content (AvgIpc) is 2.92. The summed E-state index contributed by atoms with van der Waals surface area (Å²) in [6, 6.07) is 6.39. The Kier molecular flexibility index (Phi) is 2.88. The fourth-order valence-corrected chi connectivity index (χ4v) is 3.54. The zero-order chi connectivity index (χ0) is 13.6. The second kappa shape index (κ2) is 4.43. The van der Waals surface area contributed by atoms with Crippen LogP contribution in [0.5, 0.6) is 0 Å². The monoisotopic (exact) mass is 275 g/mol. The first-order valence-corrected chi connectivity index (χ1v) is 7.07. The maximum atomic E-state index is 8.88. The predicted octanol–water partition coefficient (Wildman–Crippen LogP) is 2.69. The van der Waals surface area contributed by atoms with E-state index in [1.165, 1.54) is 15.5 Å². The summed E-state index contributed by atoms with van der Waals surface area (Å²) in [6.45, 7) is 2.78. The van der Waals surface area contributed by atoms with Crippen molar-refractivity contribution in [2.75, 3.05) is 24.2 Å². The number of nitrogen functional groups attached to an aromatic ring is 1. The van der Waals surface area contributed by atoms with E-state index in [1.807, 2.05) is 11.6 Å². The van der Waals surface area contributed by atoms with Gasteiger partial charge < -0.3 is 20.7 Å². The van der Waals surface area contributed by atoms with Crippen LogP contribution in [0.3, 0.4) is 0 Å². The lowest BCUT2D eigenvalue weighted by atomic mass is 10.1. The molecule has 5 heteroatoms. The number of aryl methyl sites for hydroxylation is 2. The number of hydrogen-bond donors (Lipinski definition) is 3. The molecule has 0 aliphatic carbocycles. The summed E-state index contributed by atoms with van der Waals surface area (Å²) in [7, 11) is 1.99. The van der Waals surface area contributed by atoms with E-state index in [4.69, 9.17) is 10.8 Å². The summed E-state index contributed by atoms with van der Waals surface area (Å²) in [5.74, 6) is 0.818. The lowest BCUT2D eigenvalue weighted by Crippen LogP contribution is -2.03. The van der Waals surface area contributed by atoms with E-state index in [-0.39, 0.29) is 6.61 Å². The quantitative estimate of drug-likeness (QED) is 0.688. The summed E-state index contributed by atoms with van der Waals surface area (Å²) in [4.78, 5) is 0. The summed E-state index contributed by atoms with van der Waals surface area (Å²) in [5.41, 5.74) is 8.41. The molecule has 0 saturated carbocycles. The smallest absolute Gasteiger partial charge is 0.107 e. The first kappa shape index (κ1) is 12.3. The van der Waals surface area contributed by atoms with E-state index >= 15 is 0 Å². The van der Waals surface area contributed by atoms with Crippen molar-refractivity contribution in [1.29, 1.82) is 0 Å². The number of rotatable bonds is 3. The van der Waals surface area contributed by atoms with Crippen molar-refractivity contribution in [3.8, 4) is 0 Å². The highest BCUT2D eigenvalue weighted by Crippen LogP contribution is 2.38. The molecule has 0 fully saturated rings. The van der Waals surface area contributed by atoms with Gasteiger partial charge in [0.1, 0.15) is 5.82 Å². The number of hydrogen-bond acceptors (Lipinski definition) is 4. The third-order valence-corrected chi connectivity index (χ3v) is 4.63. The highest BCUT2D eigenvalue weighted by atomic mass is 32.1. The first-order chi connectivity index (χ1) is 9.13. The summed E-state index contributed by atoms with van der Waals surface area (Å²) >= 11 is 1.70. The van der Waals surface area contributed by atoms with Gasteiger partial charge in [-0.05, 0) is 30.7 Å². The van der Waals surface area contributed by atoms with Crippen molar-refractivity contribution >= 4 is 43.1 Å². The van der Waals surface area contributed by atoms with Gasteiger partial charge in [0.15, 0.2) is 0 Å². The van der Waals surface area contributed by atoms with Crippen LogP contribution in [0.2, 0.25) is 0 Å². The van der Waals surface area contributed by atoms with Crippen LogP contribution in [0.25, 0.3) is 21.0 Å². The Bertz CT molecular complexity index is 757. The fourth-order valence-electron chi connectivity index (χ4n) is 2.55. The van der Waals surface area contributed by atoms with Gasteiger partial charge in [0.25, 0.3) is 0 Å². The Morgan fingerprint density at radius 3 is 2.95 bits per heavy atom. The van der Waals surface area contributed by atoms with E-state index in [2.05, 4.69) is 30.4 Å². The SMILES string of the molecule is Cc1c(N)n(C)c2ccc3sc(NCCO)cc3c12. The number of nitrogens with zero attached hydrogens (tertiary/aromatic N) is 1. The third kappa shape index (κ3) is 1.77. The van der Waals surface area contributed by atoms with Gasteiger partial charge in [-0.2, -0.15) is 0 Å². The number of nitrogens with one attached hydrogen (secondary N) is 1. The topological polar surface area (TPSA) is 63.2 Å². The zero-order valence-corrected chi connectivity index (χ0v) is 11.8. The van der Waals surface area contributed by atoms with Gasteiger partial charge in [0.05, 0.1) is 17.1 Å². The minimum Gasteiger partial charge on any atom is -0.395 e. The van der Waals surface area contributed by atoms with Crippen LogP contribution in [0, 0.1) is 6.92 Å². The highest BCUT2D eigenvalue weighted by molar-refractivity contribution is 7.23. The maximum absolute atomic E-state index is 8.88. The van der Waals surface area contributed by atoms with Gasteiger partial charge in [-0.15, -0.1) is 11.3 Å². The number of aromatic nitrogens is 1. The van der Waals surface area contributed by atoms with Gasteiger partial charge in [-0.25, -0.2) is 0 Å². The molecule has 0 saturated heterocycles. The lowest BCUT2D eigenvalue weighted by Gasteiger charge is -1.97. The number of nitrogens with two attached hydrogens (primary N) is 1. The Balaban J connectivity index is 2.27. The van der Waals surface area contributed by atoms with Gasteiger partial charge in [0, 0.05) is 29.1 Å². The second-order valence-electron chi connectivity index (χ2n) is 4.70. The Hall–Kier alpha value is -1.72. The number of aliphatic hydroxyl groups is 1. The highest BCUT2D eigenvalue weighted by Gasteiger charge is 2.13. The van der Waals surface area contributed by atoms with Crippen LogP contribution in [0.1, 0.15) is 5.56 Å². The van der Waals surface area contributed by atoms with Gasteiger partial charge >= 0.3 is 0 Å². The maximum Gasteiger partial charge on any atom is 0.107 e. The number of aliphatic hydroxyl groups excluding tert-OH is 1. The van der Waals surface area contributed by atoms with E-state index in [0.717, 1.165) is 21.9 Å². The molecule has 2 heterocycles. The van der Waals surface area contributed by atoms with Crippen molar-refractivity contribution < 1.29 is 5.11 Å². The molecule has 0 spiro atoms. The lowest BCUT2D eigenvalue weighted by molar-refractivity contribution is 0.311. The van der Waals surface area contributed by atoms with Crippen LogP contribution in [0.4, 0.5) is 10.8 Å².